The molecule has 1 aromatic rings. The van der Waals surface area contributed by atoms with Gasteiger partial charge in [-0.2, -0.15) is 0 Å². The summed E-state index contributed by atoms with van der Waals surface area (Å²) >= 11 is 5.93. The van der Waals surface area contributed by atoms with Gasteiger partial charge in [0.25, 0.3) is 5.91 Å². The predicted molar refractivity (Wildman–Crippen MR) is 97.2 cm³/mol. The summed E-state index contributed by atoms with van der Waals surface area (Å²) in [6.45, 7) is 5.58. The number of likely N-dealkylation sites (N-methyl/N-ethyl adjacent to an activating group) is 1. The highest BCUT2D eigenvalue weighted by Gasteiger charge is 2.35. The normalized spacial score (nSPS) is 13.9. The first-order valence-electron chi connectivity index (χ1n) is 8.03. The monoisotopic (exact) mass is 370 g/mol. The number of halogens is 1. The van der Waals surface area contributed by atoms with E-state index in [9.17, 15) is 14.7 Å². The number of nitrogens with zero attached hydrogens (tertiary/aromatic N) is 1. The van der Waals surface area contributed by atoms with Gasteiger partial charge in [0, 0.05) is 25.7 Å². The minimum atomic E-state index is -1.21. The van der Waals surface area contributed by atoms with E-state index in [0.717, 1.165) is 5.56 Å². The molecule has 0 aliphatic carbocycles. The molecule has 0 heterocycles. The van der Waals surface area contributed by atoms with Crippen LogP contribution in [0.2, 0.25) is 5.02 Å². The highest BCUT2D eigenvalue weighted by atomic mass is 35.5. The number of benzene rings is 1. The molecule has 7 heteroatoms. The lowest BCUT2D eigenvalue weighted by molar-refractivity contribution is -0.151. The summed E-state index contributed by atoms with van der Waals surface area (Å²) in [5.74, 6) is -0.883. The molecule has 2 N–H and O–H groups in total. The summed E-state index contributed by atoms with van der Waals surface area (Å²) in [6.07, 6.45) is -1.21. The Morgan fingerprint density at radius 3 is 2.52 bits per heavy atom. The molecule has 6 nitrogen and oxygen atoms in total. The summed E-state index contributed by atoms with van der Waals surface area (Å²) in [5.41, 5.74) is 0.223. The van der Waals surface area contributed by atoms with E-state index in [1.807, 2.05) is 6.07 Å². The Kier molecular flexibility index (Phi) is 7.86. The second-order valence-electron chi connectivity index (χ2n) is 7.04. The average molecular weight is 371 g/mol. The molecule has 0 bridgehead atoms. The largest absolute Gasteiger partial charge is 0.383 e. The van der Waals surface area contributed by atoms with Crippen molar-refractivity contribution >= 4 is 23.4 Å². The number of carbonyl (C=O) groups is 2. The van der Waals surface area contributed by atoms with Gasteiger partial charge in [-0.15, -0.1) is 0 Å². The predicted octanol–water partition coefficient (Wildman–Crippen LogP) is 1.84. The molecule has 0 radical (unpaired) electrons. The SMILES string of the molecule is COCC(C(=O)NCc1cccc(Cl)c1)N(C)C(=O)C(O)C(C)(C)C. The fourth-order valence-corrected chi connectivity index (χ4v) is 2.40. The zero-order chi connectivity index (χ0) is 19.2. The molecule has 0 aliphatic heterocycles. The number of hydrogen-bond donors (Lipinski definition) is 2. The Morgan fingerprint density at radius 2 is 2.00 bits per heavy atom. The highest BCUT2D eigenvalue weighted by Crippen LogP contribution is 2.21. The van der Waals surface area contributed by atoms with Crippen LogP contribution in [0.1, 0.15) is 26.3 Å². The van der Waals surface area contributed by atoms with E-state index in [0.29, 0.717) is 5.02 Å². The van der Waals surface area contributed by atoms with Crippen LogP contribution >= 0.6 is 11.6 Å². The lowest BCUT2D eigenvalue weighted by Crippen LogP contribution is -2.54. The number of amides is 2. The van der Waals surface area contributed by atoms with E-state index in [1.165, 1.54) is 19.1 Å². The van der Waals surface area contributed by atoms with Crippen LogP contribution in [0.4, 0.5) is 0 Å². The zero-order valence-electron chi connectivity index (χ0n) is 15.4. The van der Waals surface area contributed by atoms with Gasteiger partial charge < -0.3 is 20.1 Å². The van der Waals surface area contributed by atoms with Gasteiger partial charge in [0.15, 0.2) is 0 Å². The van der Waals surface area contributed by atoms with Crippen molar-refractivity contribution in [3.63, 3.8) is 0 Å². The van der Waals surface area contributed by atoms with Gasteiger partial charge in [0.1, 0.15) is 12.1 Å². The molecule has 1 aromatic carbocycles. The second-order valence-corrected chi connectivity index (χ2v) is 7.47. The first-order valence-corrected chi connectivity index (χ1v) is 8.41. The maximum atomic E-state index is 12.5. The van der Waals surface area contributed by atoms with Crippen molar-refractivity contribution in [3.05, 3.63) is 34.9 Å². The molecule has 2 unspecified atom stereocenters. The topological polar surface area (TPSA) is 78.9 Å². The first kappa shape index (κ1) is 21.4. The lowest BCUT2D eigenvalue weighted by Gasteiger charge is -2.32. The van der Waals surface area contributed by atoms with Crippen LogP contribution in [0.25, 0.3) is 0 Å². The molecule has 0 aromatic heterocycles. The van der Waals surface area contributed by atoms with E-state index in [2.05, 4.69) is 5.32 Å². The van der Waals surface area contributed by atoms with E-state index < -0.39 is 23.5 Å². The standard InChI is InChI=1S/C18H27ClN2O4/c1-18(2,3)15(22)17(24)21(4)14(11-25-5)16(23)20-10-12-7-6-8-13(19)9-12/h6-9,14-15,22H,10-11H2,1-5H3,(H,20,23). The van der Waals surface area contributed by atoms with E-state index in [1.54, 1.807) is 39.0 Å². The minimum Gasteiger partial charge on any atom is -0.383 e. The number of hydrogen-bond acceptors (Lipinski definition) is 4. The Labute approximate surface area is 154 Å². The molecule has 0 saturated heterocycles. The van der Waals surface area contributed by atoms with E-state index in [4.69, 9.17) is 16.3 Å². The number of rotatable bonds is 7. The fourth-order valence-electron chi connectivity index (χ4n) is 2.19. The first-order chi connectivity index (χ1) is 11.6. The summed E-state index contributed by atoms with van der Waals surface area (Å²) < 4.78 is 5.08. The summed E-state index contributed by atoms with van der Waals surface area (Å²) in [5, 5.41) is 13.5. The summed E-state index contributed by atoms with van der Waals surface area (Å²) in [7, 11) is 2.94. The van der Waals surface area contributed by atoms with Crippen LogP contribution < -0.4 is 5.32 Å². The minimum absolute atomic E-state index is 0.0283. The lowest BCUT2D eigenvalue weighted by atomic mass is 9.88. The van der Waals surface area contributed by atoms with Crippen molar-refractivity contribution in [2.45, 2.75) is 39.5 Å². The van der Waals surface area contributed by atoms with E-state index >= 15 is 0 Å². The van der Waals surface area contributed by atoms with Gasteiger partial charge >= 0.3 is 0 Å². The molecule has 0 aliphatic rings. The van der Waals surface area contributed by atoms with Crippen LogP contribution in [0, 0.1) is 5.41 Å². The number of aliphatic hydroxyl groups is 1. The number of nitrogens with one attached hydrogen (secondary N) is 1. The summed E-state index contributed by atoms with van der Waals surface area (Å²) in [6, 6.07) is 6.31. The van der Waals surface area contributed by atoms with Crippen LogP contribution in [-0.4, -0.2) is 54.7 Å². The van der Waals surface area contributed by atoms with Gasteiger partial charge in [-0.25, -0.2) is 0 Å². The Hall–Kier alpha value is -1.63. The van der Waals surface area contributed by atoms with Crippen molar-refractivity contribution in [2.24, 2.45) is 5.41 Å². The van der Waals surface area contributed by atoms with Crippen molar-refractivity contribution in [1.82, 2.24) is 10.2 Å². The summed E-state index contributed by atoms with van der Waals surface area (Å²) in [4.78, 5) is 26.2. The third-order valence-electron chi connectivity index (χ3n) is 3.85. The quantitative estimate of drug-likeness (QED) is 0.767. The van der Waals surface area contributed by atoms with Crippen LogP contribution in [-0.2, 0) is 20.9 Å². The maximum absolute atomic E-state index is 12.5. The number of ether oxygens (including phenoxy) is 1. The van der Waals surface area contributed by atoms with Gasteiger partial charge in [0.2, 0.25) is 5.91 Å². The van der Waals surface area contributed by atoms with Crippen LogP contribution in [0.15, 0.2) is 24.3 Å². The molecular weight excluding hydrogens is 344 g/mol. The maximum Gasteiger partial charge on any atom is 0.252 e. The van der Waals surface area contributed by atoms with Gasteiger partial charge in [-0.05, 0) is 23.1 Å². The number of aliphatic hydroxyl groups excluding tert-OH is 1. The Bertz CT molecular complexity index is 601. The smallest absolute Gasteiger partial charge is 0.252 e. The average Bonchev–Trinajstić information content (AvgIpc) is 2.54. The number of methoxy groups -OCH3 is 1. The van der Waals surface area contributed by atoms with Gasteiger partial charge in [0.05, 0.1) is 6.61 Å². The molecule has 2 amide bonds. The molecule has 0 fully saturated rings. The number of carbonyl (C=O) groups excluding carboxylic acids is 2. The third kappa shape index (κ3) is 6.30. The molecule has 1 rings (SSSR count). The van der Waals surface area contributed by atoms with Crippen LogP contribution in [0.3, 0.4) is 0 Å². The van der Waals surface area contributed by atoms with Crippen molar-refractivity contribution in [3.8, 4) is 0 Å². The Balaban J connectivity index is 2.80. The second kappa shape index (κ2) is 9.17. The molecule has 2 atom stereocenters. The van der Waals surface area contributed by atoms with Gasteiger partial charge in [-0.3, -0.25) is 9.59 Å². The van der Waals surface area contributed by atoms with Crippen molar-refractivity contribution in [1.29, 1.82) is 0 Å². The third-order valence-corrected chi connectivity index (χ3v) is 4.09. The molecule has 25 heavy (non-hydrogen) atoms. The Morgan fingerprint density at radius 1 is 1.36 bits per heavy atom. The molecular formula is C18H27ClN2O4. The van der Waals surface area contributed by atoms with E-state index in [-0.39, 0.29) is 19.1 Å². The van der Waals surface area contributed by atoms with Crippen molar-refractivity contribution < 1.29 is 19.4 Å². The fraction of sp³-hybridized carbons (Fsp3) is 0.556. The van der Waals surface area contributed by atoms with Gasteiger partial charge in [-0.1, -0.05) is 44.5 Å². The molecule has 0 spiro atoms. The zero-order valence-corrected chi connectivity index (χ0v) is 16.1. The highest BCUT2D eigenvalue weighted by molar-refractivity contribution is 6.30. The molecule has 140 valence electrons. The van der Waals surface area contributed by atoms with Crippen LogP contribution in [0.5, 0.6) is 0 Å². The molecule has 0 saturated carbocycles. The van der Waals surface area contributed by atoms with Crippen molar-refractivity contribution in [2.75, 3.05) is 20.8 Å².